The number of methoxy groups -OCH3 is 1. The van der Waals surface area contributed by atoms with Gasteiger partial charge in [0.25, 0.3) is 0 Å². The van der Waals surface area contributed by atoms with Crippen LogP contribution in [0.1, 0.15) is 62.5 Å². The molecule has 0 aromatic heterocycles. The number of hydrogen-bond donors (Lipinski definition) is 1. The Morgan fingerprint density at radius 3 is 2.25 bits per heavy atom. The molecule has 1 saturated carbocycles. The number of phenols is 1. The van der Waals surface area contributed by atoms with Gasteiger partial charge in [0.2, 0.25) is 0 Å². The van der Waals surface area contributed by atoms with E-state index in [2.05, 4.69) is 36.4 Å². The minimum Gasteiger partial charge on any atom is -0.507 e. The summed E-state index contributed by atoms with van der Waals surface area (Å²) in [6.45, 7) is 0. The highest BCUT2D eigenvalue weighted by atomic mass is 16.5. The maximum Gasteiger partial charge on any atom is 0.123 e. The lowest BCUT2D eigenvalue weighted by molar-refractivity contribution is 0.415. The van der Waals surface area contributed by atoms with Crippen LogP contribution in [0.25, 0.3) is 21.9 Å². The van der Waals surface area contributed by atoms with E-state index >= 15 is 0 Å². The van der Waals surface area contributed by atoms with Gasteiger partial charge in [-0.15, -0.1) is 0 Å². The summed E-state index contributed by atoms with van der Waals surface area (Å²) < 4.78 is 5.52. The molecule has 0 bridgehead atoms. The average Bonchev–Trinajstić information content (AvgIpc) is 3.06. The molecule has 1 N–H and O–H groups in total. The molecular formula is C26H28O2. The Bertz CT molecular complexity index is 1020. The molecule has 144 valence electrons. The van der Waals surface area contributed by atoms with Crippen LogP contribution in [0.15, 0.2) is 48.5 Å². The van der Waals surface area contributed by atoms with E-state index in [0.717, 1.165) is 16.5 Å². The Hall–Kier alpha value is -2.48. The molecule has 3 aromatic carbocycles. The van der Waals surface area contributed by atoms with E-state index in [9.17, 15) is 5.11 Å². The Balaban J connectivity index is 1.83. The van der Waals surface area contributed by atoms with Gasteiger partial charge in [-0.1, -0.05) is 62.8 Å². The first-order chi connectivity index (χ1) is 13.7. The number of benzene rings is 3. The second-order valence-electron chi connectivity index (χ2n) is 8.48. The number of fused-ring (bicyclic) bond motifs is 7. The molecule has 3 aromatic rings. The molecule has 0 aliphatic heterocycles. The molecule has 2 heteroatoms. The number of ether oxygens (including phenoxy) is 1. The number of rotatable bonds is 1. The molecule has 0 atom stereocenters. The van der Waals surface area contributed by atoms with E-state index in [-0.39, 0.29) is 5.41 Å². The van der Waals surface area contributed by atoms with Crippen molar-refractivity contribution in [2.45, 2.75) is 56.8 Å². The van der Waals surface area contributed by atoms with E-state index < -0.39 is 0 Å². The van der Waals surface area contributed by atoms with Crippen LogP contribution >= 0.6 is 0 Å². The van der Waals surface area contributed by atoms with Crippen molar-refractivity contribution in [3.05, 3.63) is 59.7 Å². The summed E-state index contributed by atoms with van der Waals surface area (Å²) in [5.41, 5.74) is 5.47. The lowest BCUT2D eigenvalue weighted by Crippen LogP contribution is -2.25. The summed E-state index contributed by atoms with van der Waals surface area (Å²) in [5.74, 6) is 1.23. The zero-order valence-electron chi connectivity index (χ0n) is 16.6. The Morgan fingerprint density at radius 2 is 1.50 bits per heavy atom. The highest BCUT2D eigenvalue weighted by Gasteiger charge is 2.43. The molecule has 0 heterocycles. The molecule has 0 saturated heterocycles. The fourth-order valence-electron chi connectivity index (χ4n) is 5.67. The number of hydrogen-bond acceptors (Lipinski definition) is 2. The summed E-state index contributed by atoms with van der Waals surface area (Å²) in [4.78, 5) is 0. The van der Waals surface area contributed by atoms with Crippen molar-refractivity contribution >= 4 is 10.8 Å². The predicted molar refractivity (Wildman–Crippen MR) is 115 cm³/mol. The number of aromatic hydroxyl groups is 1. The summed E-state index contributed by atoms with van der Waals surface area (Å²) in [6, 6.07) is 17.0. The minimum absolute atomic E-state index is 0.0328. The monoisotopic (exact) mass is 372 g/mol. The molecule has 2 aliphatic carbocycles. The highest BCUT2D eigenvalue weighted by molar-refractivity contribution is 6.05. The zero-order chi connectivity index (χ0) is 19.1. The summed E-state index contributed by atoms with van der Waals surface area (Å²) in [5, 5.41) is 13.0. The van der Waals surface area contributed by atoms with Gasteiger partial charge < -0.3 is 9.84 Å². The van der Waals surface area contributed by atoms with Crippen LogP contribution in [0, 0.1) is 0 Å². The van der Waals surface area contributed by atoms with Crippen molar-refractivity contribution in [2.24, 2.45) is 0 Å². The zero-order valence-corrected chi connectivity index (χ0v) is 16.6. The minimum atomic E-state index is 0.0328. The van der Waals surface area contributed by atoms with Gasteiger partial charge in [-0.3, -0.25) is 0 Å². The molecule has 1 spiro atoms. The van der Waals surface area contributed by atoms with Crippen LogP contribution in [0.2, 0.25) is 0 Å². The van der Waals surface area contributed by atoms with E-state index in [4.69, 9.17) is 4.74 Å². The van der Waals surface area contributed by atoms with Gasteiger partial charge in [-0.2, -0.15) is 0 Å². The van der Waals surface area contributed by atoms with Crippen molar-refractivity contribution in [3.63, 3.8) is 0 Å². The first-order valence-corrected chi connectivity index (χ1v) is 10.7. The molecule has 0 radical (unpaired) electrons. The van der Waals surface area contributed by atoms with E-state index in [1.165, 1.54) is 73.6 Å². The van der Waals surface area contributed by atoms with Crippen molar-refractivity contribution < 1.29 is 9.84 Å². The normalized spacial score (nSPS) is 18.2. The topological polar surface area (TPSA) is 29.5 Å². The molecule has 0 amide bonds. The molecule has 2 aliphatic rings. The molecule has 0 unspecified atom stereocenters. The summed E-state index contributed by atoms with van der Waals surface area (Å²) in [7, 11) is 1.71. The third-order valence-electron chi connectivity index (χ3n) is 7.01. The summed E-state index contributed by atoms with van der Waals surface area (Å²) >= 11 is 0. The van der Waals surface area contributed by atoms with Gasteiger partial charge in [0.05, 0.1) is 7.11 Å². The van der Waals surface area contributed by atoms with Crippen LogP contribution in [-0.2, 0) is 5.41 Å². The van der Waals surface area contributed by atoms with Gasteiger partial charge in [0.1, 0.15) is 11.5 Å². The van der Waals surface area contributed by atoms with Crippen LogP contribution in [0.4, 0.5) is 0 Å². The Labute approximate surface area is 167 Å². The molecule has 5 rings (SSSR count). The van der Waals surface area contributed by atoms with Gasteiger partial charge in [-0.05, 0) is 64.7 Å². The van der Waals surface area contributed by atoms with E-state index in [1.54, 1.807) is 7.11 Å². The van der Waals surface area contributed by atoms with Gasteiger partial charge >= 0.3 is 0 Å². The number of phenolic OH excluding ortho intramolecular Hbond substituents is 1. The van der Waals surface area contributed by atoms with Crippen molar-refractivity contribution in [1.29, 1.82) is 0 Å². The first-order valence-electron chi connectivity index (χ1n) is 10.7. The van der Waals surface area contributed by atoms with Crippen LogP contribution in [0.5, 0.6) is 11.5 Å². The second kappa shape index (κ2) is 6.84. The van der Waals surface area contributed by atoms with Crippen LogP contribution in [-0.4, -0.2) is 12.2 Å². The van der Waals surface area contributed by atoms with Crippen LogP contribution < -0.4 is 4.74 Å². The predicted octanol–water partition coefficient (Wildman–Crippen LogP) is 6.95. The van der Waals surface area contributed by atoms with Crippen LogP contribution in [0.3, 0.4) is 0 Å². The maximum absolute atomic E-state index is 10.9. The second-order valence-corrected chi connectivity index (χ2v) is 8.48. The Kier molecular flexibility index (Phi) is 4.30. The van der Waals surface area contributed by atoms with Crippen molar-refractivity contribution in [3.8, 4) is 22.6 Å². The van der Waals surface area contributed by atoms with Crippen molar-refractivity contribution in [1.82, 2.24) is 0 Å². The smallest absolute Gasteiger partial charge is 0.123 e. The molecule has 28 heavy (non-hydrogen) atoms. The Morgan fingerprint density at radius 1 is 0.786 bits per heavy atom. The highest BCUT2D eigenvalue weighted by Crippen LogP contribution is 2.57. The standard InChI is InChI=1S/C26H28O2/c1-28-18-12-13-19-21(16-18)25-20-10-6-7-11-22(20)26(23(25)17-24(19)27)14-8-4-2-3-5-9-15-26/h6-7,10-13,16-17,27H,2-5,8-9,14-15H2,1H3. The average molecular weight is 373 g/mol. The largest absolute Gasteiger partial charge is 0.507 e. The fourth-order valence-corrected chi connectivity index (χ4v) is 5.67. The first kappa shape index (κ1) is 17.6. The lowest BCUT2D eigenvalue weighted by Gasteiger charge is -2.32. The SMILES string of the molecule is COc1ccc2c(O)cc3c(c2c1)-c1ccccc1C31CCCCCCCC1. The van der Waals surface area contributed by atoms with E-state index in [1.807, 2.05) is 12.1 Å². The maximum atomic E-state index is 10.9. The third-order valence-corrected chi connectivity index (χ3v) is 7.01. The quantitative estimate of drug-likeness (QED) is 0.500. The molecule has 1 fully saturated rings. The van der Waals surface area contributed by atoms with Gasteiger partial charge in [0.15, 0.2) is 0 Å². The summed E-state index contributed by atoms with van der Waals surface area (Å²) in [6.07, 6.45) is 10.2. The fraction of sp³-hybridized carbons (Fsp3) is 0.385. The molecule has 2 nitrogen and oxygen atoms in total. The van der Waals surface area contributed by atoms with Gasteiger partial charge in [-0.25, -0.2) is 0 Å². The lowest BCUT2D eigenvalue weighted by atomic mass is 9.71. The van der Waals surface area contributed by atoms with Crippen molar-refractivity contribution in [2.75, 3.05) is 7.11 Å². The third kappa shape index (κ3) is 2.54. The van der Waals surface area contributed by atoms with E-state index in [0.29, 0.717) is 5.75 Å². The van der Waals surface area contributed by atoms with Gasteiger partial charge in [0, 0.05) is 10.8 Å². The molecular weight excluding hydrogens is 344 g/mol.